The summed E-state index contributed by atoms with van der Waals surface area (Å²) in [5, 5.41) is 13.1. The minimum absolute atomic E-state index is 0.150. The zero-order valence-electron chi connectivity index (χ0n) is 10.1. The van der Waals surface area contributed by atoms with Gasteiger partial charge in [-0.15, -0.1) is 0 Å². The zero-order valence-corrected chi connectivity index (χ0v) is 13.3. The molecule has 18 heavy (non-hydrogen) atoms. The molecular formula is C13H18Br2N2O. The molecule has 2 atom stereocenters. The molecule has 0 saturated heterocycles. The molecule has 0 heterocycles. The first-order valence-corrected chi connectivity index (χ1v) is 7.79. The number of aliphatic hydroxyl groups excluding tert-OH is 1. The van der Waals surface area contributed by atoms with Crippen LogP contribution in [-0.4, -0.2) is 17.3 Å². The standard InChI is InChI=1S/C13H18Br2N2O/c14-9-4-8(13(16)12(15)5-9)7-17-10-2-1-3-11(18)6-10/h4-5,10-11,17-18H,1-3,6-7,16H2/t10-,11-/m1/s1. The van der Waals surface area contributed by atoms with Crippen LogP contribution in [0.4, 0.5) is 5.69 Å². The van der Waals surface area contributed by atoms with Crippen molar-refractivity contribution < 1.29 is 5.11 Å². The molecule has 0 unspecified atom stereocenters. The van der Waals surface area contributed by atoms with Crippen molar-refractivity contribution in [2.45, 2.75) is 44.4 Å². The summed E-state index contributed by atoms with van der Waals surface area (Å²) in [7, 11) is 0. The van der Waals surface area contributed by atoms with E-state index >= 15 is 0 Å². The molecule has 0 spiro atoms. The van der Waals surface area contributed by atoms with Crippen LogP contribution in [-0.2, 0) is 6.54 Å². The number of anilines is 1. The highest BCUT2D eigenvalue weighted by Gasteiger charge is 2.19. The number of nitrogen functional groups attached to an aromatic ring is 1. The zero-order chi connectivity index (χ0) is 13.1. The second-order valence-electron chi connectivity index (χ2n) is 4.86. The average Bonchev–Trinajstić information content (AvgIpc) is 2.32. The molecule has 0 radical (unpaired) electrons. The van der Waals surface area contributed by atoms with Crippen LogP contribution in [0.3, 0.4) is 0 Å². The van der Waals surface area contributed by atoms with Crippen molar-refractivity contribution >= 4 is 37.5 Å². The minimum atomic E-state index is -0.150. The lowest BCUT2D eigenvalue weighted by molar-refractivity contribution is 0.111. The van der Waals surface area contributed by atoms with Gasteiger partial charge in [0.2, 0.25) is 0 Å². The van der Waals surface area contributed by atoms with Gasteiger partial charge in [0.05, 0.1) is 11.8 Å². The van der Waals surface area contributed by atoms with Gasteiger partial charge in [-0.25, -0.2) is 0 Å². The van der Waals surface area contributed by atoms with Gasteiger partial charge in [-0.3, -0.25) is 0 Å². The molecule has 0 aromatic heterocycles. The number of benzene rings is 1. The third kappa shape index (κ3) is 3.70. The molecule has 1 aliphatic carbocycles. The molecule has 0 bridgehead atoms. The van der Waals surface area contributed by atoms with Crippen molar-refractivity contribution in [3.05, 3.63) is 26.6 Å². The van der Waals surface area contributed by atoms with Crippen molar-refractivity contribution in [1.82, 2.24) is 5.32 Å². The SMILES string of the molecule is Nc1c(Br)cc(Br)cc1CN[C@@H]1CCC[C@@H](O)C1. The maximum Gasteiger partial charge on any atom is 0.0555 e. The van der Waals surface area contributed by atoms with Gasteiger partial charge in [0, 0.05) is 21.5 Å². The first-order valence-electron chi connectivity index (χ1n) is 6.21. The molecule has 5 heteroatoms. The summed E-state index contributed by atoms with van der Waals surface area (Å²) in [4.78, 5) is 0. The molecule has 100 valence electrons. The first-order chi connectivity index (χ1) is 8.56. The molecule has 1 saturated carbocycles. The molecule has 3 nitrogen and oxygen atoms in total. The topological polar surface area (TPSA) is 58.3 Å². The number of rotatable bonds is 3. The Morgan fingerprint density at radius 3 is 2.83 bits per heavy atom. The van der Waals surface area contributed by atoms with E-state index in [9.17, 15) is 5.11 Å². The van der Waals surface area contributed by atoms with Crippen molar-refractivity contribution in [2.24, 2.45) is 0 Å². The van der Waals surface area contributed by atoms with Gasteiger partial charge in [0.15, 0.2) is 0 Å². The van der Waals surface area contributed by atoms with E-state index in [4.69, 9.17) is 5.73 Å². The predicted octanol–water partition coefficient (Wildman–Crippen LogP) is 3.19. The van der Waals surface area contributed by atoms with Gasteiger partial charge < -0.3 is 16.2 Å². The molecule has 1 aliphatic rings. The van der Waals surface area contributed by atoms with E-state index in [0.29, 0.717) is 6.04 Å². The number of aliphatic hydroxyl groups is 1. The first kappa shape index (κ1) is 14.3. The second-order valence-corrected chi connectivity index (χ2v) is 6.63. The smallest absolute Gasteiger partial charge is 0.0555 e. The fourth-order valence-corrected chi connectivity index (χ4v) is 3.70. The summed E-state index contributed by atoms with van der Waals surface area (Å²) in [5.41, 5.74) is 7.90. The summed E-state index contributed by atoms with van der Waals surface area (Å²) in [6.07, 6.45) is 3.85. The number of nitrogens with two attached hydrogens (primary N) is 1. The molecule has 1 fully saturated rings. The van der Waals surface area contributed by atoms with E-state index < -0.39 is 0 Å². The second kappa shape index (κ2) is 6.37. The number of hydrogen-bond acceptors (Lipinski definition) is 3. The molecular weight excluding hydrogens is 360 g/mol. The largest absolute Gasteiger partial charge is 0.398 e. The van der Waals surface area contributed by atoms with E-state index in [-0.39, 0.29) is 6.10 Å². The van der Waals surface area contributed by atoms with E-state index in [1.165, 1.54) is 0 Å². The predicted molar refractivity (Wildman–Crippen MR) is 81.4 cm³/mol. The van der Waals surface area contributed by atoms with E-state index in [2.05, 4.69) is 37.2 Å². The number of halogens is 2. The summed E-state index contributed by atoms with van der Waals surface area (Å²) in [5.74, 6) is 0. The van der Waals surface area contributed by atoms with Crippen molar-refractivity contribution in [3.8, 4) is 0 Å². The quantitative estimate of drug-likeness (QED) is 0.709. The Morgan fingerprint density at radius 2 is 2.11 bits per heavy atom. The van der Waals surface area contributed by atoms with E-state index in [1.54, 1.807) is 0 Å². The molecule has 4 N–H and O–H groups in total. The Balaban J connectivity index is 1.97. The van der Waals surface area contributed by atoms with Crippen LogP contribution in [0, 0.1) is 0 Å². The van der Waals surface area contributed by atoms with Gasteiger partial charge in [-0.2, -0.15) is 0 Å². The molecule has 2 rings (SSSR count). The lowest BCUT2D eigenvalue weighted by atomic mass is 9.93. The maximum atomic E-state index is 9.64. The Bertz CT molecular complexity index is 426. The highest BCUT2D eigenvalue weighted by Crippen LogP contribution is 2.28. The maximum absolute atomic E-state index is 9.64. The van der Waals surface area contributed by atoms with Crippen LogP contribution >= 0.6 is 31.9 Å². The lowest BCUT2D eigenvalue weighted by Crippen LogP contribution is -2.35. The fraction of sp³-hybridized carbons (Fsp3) is 0.538. The van der Waals surface area contributed by atoms with Crippen LogP contribution in [0.1, 0.15) is 31.2 Å². The Hall–Kier alpha value is -0.100. The van der Waals surface area contributed by atoms with Crippen LogP contribution in [0.15, 0.2) is 21.1 Å². The highest BCUT2D eigenvalue weighted by atomic mass is 79.9. The van der Waals surface area contributed by atoms with Gasteiger partial charge >= 0.3 is 0 Å². The minimum Gasteiger partial charge on any atom is -0.398 e. The molecule has 0 amide bonds. The number of hydrogen-bond donors (Lipinski definition) is 3. The van der Waals surface area contributed by atoms with Crippen molar-refractivity contribution in [1.29, 1.82) is 0 Å². The van der Waals surface area contributed by atoms with Gasteiger partial charge in [-0.1, -0.05) is 15.9 Å². The molecule has 1 aromatic carbocycles. The van der Waals surface area contributed by atoms with Gasteiger partial charge in [0.1, 0.15) is 0 Å². The van der Waals surface area contributed by atoms with Gasteiger partial charge in [0.25, 0.3) is 0 Å². The lowest BCUT2D eigenvalue weighted by Gasteiger charge is -2.27. The normalized spacial score (nSPS) is 24.2. The van der Waals surface area contributed by atoms with Crippen LogP contribution in [0.5, 0.6) is 0 Å². The molecule has 1 aromatic rings. The van der Waals surface area contributed by atoms with Crippen LogP contribution in [0.25, 0.3) is 0 Å². The van der Waals surface area contributed by atoms with Crippen molar-refractivity contribution in [3.63, 3.8) is 0 Å². The highest BCUT2D eigenvalue weighted by molar-refractivity contribution is 9.11. The van der Waals surface area contributed by atoms with Crippen molar-refractivity contribution in [2.75, 3.05) is 5.73 Å². The van der Waals surface area contributed by atoms with E-state index in [1.807, 2.05) is 12.1 Å². The third-order valence-electron chi connectivity index (χ3n) is 3.41. The Kier molecular flexibility index (Phi) is 5.06. The van der Waals surface area contributed by atoms with Gasteiger partial charge in [-0.05, 0) is 59.3 Å². The summed E-state index contributed by atoms with van der Waals surface area (Å²) in [6, 6.07) is 4.38. The van der Waals surface area contributed by atoms with Crippen LogP contribution in [0.2, 0.25) is 0 Å². The Morgan fingerprint density at radius 1 is 1.33 bits per heavy atom. The molecule has 0 aliphatic heterocycles. The number of nitrogens with one attached hydrogen (secondary N) is 1. The third-order valence-corrected chi connectivity index (χ3v) is 4.52. The summed E-state index contributed by atoms with van der Waals surface area (Å²) >= 11 is 6.92. The van der Waals surface area contributed by atoms with E-state index in [0.717, 1.165) is 52.4 Å². The summed E-state index contributed by atoms with van der Waals surface area (Å²) in [6.45, 7) is 0.737. The van der Waals surface area contributed by atoms with Crippen LogP contribution < -0.4 is 11.1 Å². The fourth-order valence-electron chi connectivity index (χ4n) is 2.39. The average molecular weight is 378 g/mol. The monoisotopic (exact) mass is 376 g/mol. The Labute approximate surface area is 124 Å². The summed E-state index contributed by atoms with van der Waals surface area (Å²) < 4.78 is 1.93.